The maximum Gasteiger partial charge on any atom is 0.328 e. The Morgan fingerprint density at radius 1 is 0.778 bits per heavy atom. The van der Waals surface area contributed by atoms with Crippen LogP contribution in [0.15, 0.2) is 84.9 Å². The molecule has 0 aliphatic rings. The fraction of sp³-hybridized carbons (Fsp3) is 0.300. The zero-order valence-electron chi connectivity index (χ0n) is 21.0. The van der Waals surface area contributed by atoms with Crippen LogP contribution in [-0.4, -0.2) is 37.6 Å². The Labute approximate surface area is 212 Å². The molecule has 0 bridgehead atoms. The van der Waals surface area contributed by atoms with E-state index in [1.165, 1.54) is 7.11 Å². The van der Waals surface area contributed by atoms with Gasteiger partial charge in [-0.25, -0.2) is 4.79 Å². The molecule has 1 atom stereocenters. The maximum absolute atomic E-state index is 13.0. The Kier molecular flexibility index (Phi) is 9.81. The van der Waals surface area contributed by atoms with Crippen molar-refractivity contribution in [1.82, 2.24) is 5.32 Å². The number of methoxy groups -OCH3 is 1. The number of esters is 2. The summed E-state index contributed by atoms with van der Waals surface area (Å²) in [4.78, 5) is 37.2. The molecule has 0 aliphatic heterocycles. The van der Waals surface area contributed by atoms with Gasteiger partial charge in [0.05, 0.1) is 13.7 Å². The van der Waals surface area contributed by atoms with Crippen LogP contribution in [0.2, 0.25) is 0 Å². The number of nitrogens with one attached hydrogen (secondary N) is 1. The largest absolute Gasteiger partial charge is 0.469 e. The van der Waals surface area contributed by atoms with Gasteiger partial charge in [-0.1, -0.05) is 86.6 Å². The van der Waals surface area contributed by atoms with E-state index in [-0.39, 0.29) is 31.3 Å². The Balaban J connectivity index is 1.78. The minimum atomic E-state index is -0.948. The monoisotopic (exact) mass is 487 g/mol. The van der Waals surface area contributed by atoms with Crippen molar-refractivity contribution in [2.24, 2.45) is 5.92 Å². The lowest BCUT2D eigenvalue weighted by molar-refractivity contribution is -0.147. The van der Waals surface area contributed by atoms with Gasteiger partial charge in [-0.3, -0.25) is 9.59 Å². The fourth-order valence-electron chi connectivity index (χ4n) is 3.90. The number of carbonyl (C=O) groups is 3. The second kappa shape index (κ2) is 13.2. The average Bonchev–Trinajstić information content (AvgIpc) is 2.91. The van der Waals surface area contributed by atoms with Crippen LogP contribution in [0, 0.1) is 5.92 Å². The second-order valence-electron chi connectivity index (χ2n) is 9.04. The molecule has 0 radical (unpaired) electrons. The van der Waals surface area contributed by atoms with E-state index in [0.29, 0.717) is 5.56 Å². The molecule has 0 saturated heterocycles. The minimum Gasteiger partial charge on any atom is -0.469 e. The van der Waals surface area contributed by atoms with Crippen molar-refractivity contribution in [2.75, 3.05) is 13.7 Å². The molecule has 0 fully saturated rings. The highest BCUT2D eigenvalue weighted by Crippen LogP contribution is 2.31. The van der Waals surface area contributed by atoms with E-state index < -0.39 is 23.9 Å². The Morgan fingerprint density at radius 3 is 1.81 bits per heavy atom. The molecule has 36 heavy (non-hydrogen) atoms. The van der Waals surface area contributed by atoms with Gasteiger partial charge in [0, 0.05) is 17.9 Å². The molecule has 0 aromatic heterocycles. The number of ether oxygens (including phenoxy) is 2. The lowest BCUT2D eigenvalue weighted by Crippen LogP contribution is -2.42. The third kappa shape index (κ3) is 7.54. The van der Waals surface area contributed by atoms with Gasteiger partial charge in [0.15, 0.2) is 0 Å². The van der Waals surface area contributed by atoms with E-state index in [4.69, 9.17) is 4.74 Å². The summed E-state index contributed by atoms with van der Waals surface area (Å²) < 4.78 is 9.98. The SMILES string of the molecule is COC(=O)CC[C@H](NC(=O)c1ccc(C(c2ccccc2)c2ccccc2)cc1)C(=O)OCC(C)C. The Morgan fingerprint density at radius 2 is 1.31 bits per heavy atom. The van der Waals surface area contributed by atoms with E-state index >= 15 is 0 Å². The molecule has 0 aliphatic carbocycles. The summed E-state index contributed by atoms with van der Waals surface area (Å²) in [5, 5.41) is 2.73. The highest BCUT2D eigenvalue weighted by molar-refractivity contribution is 5.97. The number of hydrogen-bond acceptors (Lipinski definition) is 5. The first-order chi connectivity index (χ1) is 17.4. The predicted molar refractivity (Wildman–Crippen MR) is 139 cm³/mol. The van der Waals surface area contributed by atoms with Gasteiger partial charge >= 0.3 is 11.9 Å². The molecule has 3 rings (SSSR count). The Bertz CT molecular complexity index is 1090. The van der Waals surface area contributed by atoms with E-state index in [9.17, 15) is 14.4 Å². The molecule has 188 valence electrons. The van der Waals surface area contributed by atoms with Crippen molar-refractivity contribution in [3.8, 4) is 0 Å². The number of carbonyl (C=O) groups excluding carboxylic acids is 3. The molecule has 1 N–H and O–H groups in total. The molecule has 0 saturated carbocycles. The van der Waals surface area contributed by atoms with Crippen LogP contribution in [0.4, 0.5) is 0 Å². The number of benzene rings is 3. The van der Waals surface area contributed by atoms with Crippen molar-refractivity contribution >= 4 is 17.8 Å². The lowest BCUT2D eigenvalue weighted by Gasteiger charge is -2.20. The van der Waals surface area contributed by atoms with Crippen LogP contribution in [0.5, 0.6) is 0 Å². The topological polar surface area (TPSA) is 81.7 Å². The van der Waals surface area contributed by atoms with E-state index in [2.05, 4.69) is 34.3 Å². The molecule has 3 aromatic carbocycles. The first-order valence-electron chi connectivity index (χ1n) is 12.1. The standard InChI is InChI=1S/C30H33NO5/c1-21(2)20-36-30(34)26(18-19-27(32)35-3)31-29(33)25-16-14-24(15-17-25)28(22-10-6-4-7-11-22)23-12-8-5-9-13-23/h4-17,21,26,28H,18-20H2,1-3H3,(H,31,33)/t26-/m0/s1. The van der Waals surface area contributed by atoms with Crippen LogP contribution >= 0.6 is 0 Å². The van der Waals surface area contributed by atoms with Crippen LogP contribution in [0.1, 0.15) is 59.7 Å². The van der Waals surface area contributed by atoms with Crippen LogP contribution in [-0.2, 0) is 19.1 Å². The summed E-state index contributed by atoms with van der Waals surface area (Å²) in [7, 11) is 1.28. The van der Waals surface area contributed by atoms with Gasteiger partial charge in [0.1, 0.15) is 6.04 Å². The molecule has 1 amide bonds. The van der Waals surface area contributed by atoms with Gasteiger partial charge in [-0.05, 0) is 41.2 Å². The molecule has 0 spiro atoms. The normalized spacial score (nSPS) is 11.7. The van der Waals surface area contributed by atoms with E-state index in [1.807, 2.05) is 62.4 Å². The van der Waals surface area contributed by atoms with Crippen LogP contribution in [0.3, 0.4) is 0 Å². The maximum atomic E-state index is 13.0. The Hall–Kier alpha value is -3.93. The van der Waals surface area contributed by atoms with Gasteiger partial charge in [0.2, 0.25) is 0 Å². The predicted octanol–water partition coefficient (Wildman–Crippen LogP) is 5.12. The summed E-state index contributed by atoms with van der Waals surface area (Å²) in [6.07, 6.45) is 0.0878. The lowest BCUT2D eigenvalue weighted by atomic mass is 9.85. The van der Waals surface area contributed by atoms with Crippen molar-refractivity contribution in [1.29, 1.82) is 0 Å². The zero-order valence-corrected chi connectivity index (χ0v) is 21.0. The summed E-state index contributed by atoms with van der Waals surface area (Å²) in [6.45, 7) is 4.09. The zero-order chi connectivity index (χ0) is 25.9. The molecule has 0 heterocycles. The highest BCUT2D eigenvalue weighted by Gasteiger charge is 2.25. The van der Waals surface area contributed by atoms with E-state index in [0.717, 1.165) is 16.7 Å². The summed E-state index contributed by atoms with van der Waals surface area (Å²) in [6, 6.07) is 26.8. The third-order valence-electron chi connectivity index (χ3n) is 5.79. The number of hydrogen-bond donors (Lipinski definition) is 1. The number of rotatable bonds is 11. The third-order valence-corrected chi connectivity index (χ3v) is 5.79. The molecule has 6 heteroatoms. The molecule has 0 unspecified atom stereocenters. The van der Waals surface area contributed by atoms with Crippen molar-refractivity contribution in [3.63, 3.8) is 0 Å². The molecular formula is C30H33NO5. The highest BCUT2D eigenvalue weighted by atomic mass is 16.5. The minimum absolute atomic E-state index is 0.00695. The first-order valence-corrected chi connectivity index (χ1v) is 12.1. The van der Waals surface area contributed by atoms with Gasteiger partial charge < -0.3 is 14.8 Å². The van der Waals surface area contributed by atoms with Gasteiger partial charge in [-0.15, -0.1) is 0 Å². The summed E-state index contributed by atoms with van der Waals surface area (Å²) in [5.74, 6) is -1.26. The van der Waals surface area contributed by atoms with Gasteiger partial charge in [0.25, 0.3) is 5.91 Å². The smallest absolute Gasteiger partial charge is 0.328 e. The molecule has 3 aromatic rings. The fourth-order valence-corrected chi connectivity index (χ4v) is 3.90. The first kappa shape index (κ1) is 26.7. The summed E-state index contributed by atoms with van der Waals surface area (Å²) in [5.41, 5.74) is 3.76. The van der Waals surface area contributed by atoms with Crippen LogP contribution in [0.25, 0.3) is 0 Å². The molecule has 6 nitrogen and oxygen atoms in total. The molecular weight excluding hydrogens is 454 g/mol. The van der Waals surface area contributed by atoms with E-state index in [1.54, 1.807) is 12.1 Å². The second-order valence-corrected chi connectivity index (χ2v) is 9.04. The average molecular weight is 488 g/mol. The van der Waals surface area contributed by atoms with Gasteiger partial charge in [-0.2, -0.15) is 0 Å². The van der Waals surface area contributed by atoms with Crippen molar-refractivity contribution in [2.45, 2.75) is 38.6 Å². The number of amides is 1. The summed E-state index contributed by atoms with van der Waals surface area (Å²) >= 11 is 0. The van der Waals surface area contributed by atoms with Crippen LogP contribution < -0.4 is 5.32 Å². The van der Waals surface area contributed by atoms with Crippen molar-refractivity contribution < 1.29 is 23.9 Å². The quantitative estimate of drug-likeness (QED) is 0.300. The van der Waals surface area contributed by atoms with Crippen molar-refractivity contribution in [3.05, 3.63) is 107 Å².